The highest BCUT2D eigenvalue weighted by Gasteiger charge is 2.21. The van der Waals surface area contributed by atoms with Gasteiger partial charge in [0, 0.05) is 6.04 Å². The molecule has 0 amide bonds. The van der Waals surface area contributed by atoms with Gasteiger partial charge < -0.3 is 15.5 Å². The second-order valence-corrected chi connectivity index (χ2v) is 3.65. The summed E-state index contributed by atoms with van der Waals surface area (Å²) in [6.45, 7) is 2.52. The summed E-state index contributed by atoms with van der Waals surface area (Å²) in [5.74, 6) is 1.40. The summed E-state index contributed by atoms with van der Waals surface area (Å²) in [5.41, 5.74) is 6.80. The van der Waals surface area contributed by atoms with Gasteiger partial charge in [-0.1, -0.05) is 0 Å². The quantitative estimate of drug-likeness (QED) is 0.559. The molecule has 1 heterocycles. The number of furan rings is 1. The topological polar surface area (TPSA) is 63.5 Å². The molecule has 4 nitrogen and oxygen atoms in total. The average molecular weight is 193 g/mol. The first-order valence-electron chi connectivity index (χ1n) is 4.85. The first kappa shape index (κ1) is 9.12. The van der Waals surface area contributed by atoms with Crippen molar-refractivity contribution in [3.63, 3.8) is 0 Å². The first-order valence-corrected chi connectivity index (χ1v) is 4.85. The molecule has 0 radical (unpaired) electrons. The van der Waals surface area contributed by atoms with Gasteiger partial charge in [-0.3, -0.25) is 0 Å². The zero-order chi connectivity index (χ0) is 9.97. The van der Waals surface area contributed by atoms with E-state index in [0.717, 1.165) is 11.3 Å². The fraction of sp³-hybridized carbons (Fsp3) is 0.500. The SMILES string of the molecule is Cc1ccoc1CN=C(N)NC1CC1. The number of nitrogens with one attached hydrogen (secondary N) is 1. The van der Waals surface area contributed by atoms with Gasteiger partial charge in [0.1, 0.15) is 12.3 Å². The van der Waals surface area contributed by atoms with Crippen LogP contribution in [0.1, 0.15) is 24.2 Å². The molecule has 4 heteroatoms. The molecular weight excluding hydrogens is 178 g/mol. The zero-order valence-corrected chi connectivity index (χ0v) is 8.29. The van der Waals surface area contributed by atoms with E-state index >= 15 is 0 Å². The number of hydrogen-bond donors (Lipinski definition) is 2. The second kappa shape index (κ2) is 3.74. The highest BCUT2D eigenvalue weighted by atomic mass is 16.3. The highest BCUT2D eigenvalue weighted by molar-refractivity contribution is 5.78. The van der Waals surface area contributed by atoms with Crippen LogP contribution in [0.15, 0.2) is 21.7 Å². The van der Waals surface area contributed by atoms with Gasteiger partial charge in [0.2, 0.25) is 0 Å². The minimum absolute atomic E-state index is 0.517. The van der Waals surface area contributed by atoms with Crippen LogP contribution in [0, 0.1) is 6.92 Å². The average Bonchev–Trinajstić information content (AvgIpc) is 2.86. The summed E-state index contributed by atoms with van der Waals surface area (Å²) < 4.78 is 5.24. The Hall–Kier alpha value is -1.45. The molecule has 1 saturated carbocycles. The van der Waals surface area contributed by atoms with Gasteiger partial charge in [-0.2, -0.15) is 0 Å². The highest BCUT2D eigenvalue weighted by Crippen LogP contribution is 2.18. The lowest BCUT2D eigenvalue weighted by molar-refractivity contribution is 0.509. The maximum absolute atomic E-state index is 5.68. The van der Waals surface area contributed by atoms with Crippen LogP contribution >= 0.6 is 0 Å². The van der Waals surface area contributed by atoms with E-state index in [2.05, 4.69) is 10.3 Å². The molecule has 3 N–H and O–H groups in total. The van der Waals surface area contributed by atoms with Gasteiger partial charge in [-0.05, 0) is 31.4 Å². The fourth-order valence-electron chi connectivity index (χ4n) is 1.21. The van der Waals surface area contributed by atoms with Crippen molar-refractivity contribution in [1.29, 1.82) is 0 Å². The minimum atomic E-state index is 0.517. The van der Waals surface area contributed by atoms with Gasteiger partial charge in [-0.15, -0.1) is 0 Å². The third-order valence-electron chi connectivity index (χ3n) is 2.29. The third-order valence-corrected chi connectivity index (χ3v) is 2.29. The van der Waals surface area contributed by atoms with Gasteiger partial charge in [-0.25, -0.2) is 4.99 Å². The van der Waals surface area contributed by atoms with E-state index in [-0.39, 0.29) is 0 Å². The predicted molar refractivity (Wildman–Crippen MR) is 54.9 cm³/mol. The van der Waals surface area contributed by atoms with E-state index < -0.39 is 0 Å². The van der Waals surface area contributed by atoms with Crippen LogP contribution in [0.3, 0.4) is 0 Å². The van der Waals surface area contributed by atoms with Crippen LogP contribution in [0.25, 0.3) is 0 Å². The summed E-state index contributed by atoms with van der Waals surface area (Å²) in [4.78, 5) is 4.20. The molecule has 1 fully saturated rings. The number of nitrogens with two attached hydrogens (primary N) is 1. The summed E-state index contributed by atoms with van der Waals surface area (Å²) in [7, 11) is 0. The minimum Gasteiger partial charge on any atom is -0.467 e. The first-order chi connectivity index (χ1) is 6.75. The summed E-state index contributed by atoms with van der Waals surface area (Å²) in [6.07, 6.45) is 4.08. The molecule has 1 aliphatic carbocycles. The van der Waals surface area contributed by atoms with Crippen molar-refractivity contribution < 1.29 is 4.42 Å². The lowest BCUT2D eigenvalue weighted by Crippen LogP contribution is -2.33. The van der Waals surface area contributed by atoms with Crippen molar-refractivity contribution in [3.8, 4) is 0 Å². The molecule has 0 aliphatic heterocycles. The lowest BCUT2D eigenvalue weighted by Gasteiger charge is -2.01. The standard InChI is InChI=1S/C10H15N3O/c1-7-4-5-14-9(7)6-12-10(11)13-8-2-3-8/h4-5,8H,2-3,6H2,1H3,(H3,11,12,13). The Morgan fingerprint density at radius 2 is 2.50 bits per heavy atom. The number of rotatable bonds is 3. The van der Waals surface area contributed by atoms with Crippen LogP contribution in [0.2, 0.25) is 0 Å². The maximum Gasteiger partial charge on any atom is 0.189 e. The van der Waals surface area contributed by atoms with E-state index in [9.17, 15) is 0 Å². The van der Waals surface area contributed by atoms with Crippen molar-refractivity contribution in [3.05, 3.63) is 23.7 Å². The molecule has 76 valence electrons. The molecule has 14 heavy (non-hydrogen) atoms. The summed E-state index contributed by atoms with van der Waals surface area (Å²) in [6, 6.07) is 2.48. The molecule has 0 spiro atoms. The molecular formula is C10H15N3O. The number of hydrogen-bond acceptors (Lipinski definition) is 2. The lowest BCUT2D eigenvalue weighted by atomic mass is 10.3. The van der Waals surface area contributed by atoms with E-state index in [4.69, 9.17) is 10.2 Å². The zero-order valence-electron chi connectivity index (χ0n) is 8.29. The smallest absolute Gasteiger partial charge is 0.189 e. The van der Waals surface area contributed by atoms with Crippen molar-refractivity contribution >= 4 is 5.96 Å². The van der Waals surface area contributed by atoms with Crippen LogP contribution in [0.4, 0.5) is 0 Å². The number of aryl methyl sites for hydroxylation is 1. The molecule has 0 saturated heterocycles. The van der Waals surface area contributed by atoms with Crippen molar-refractivity contribution in [2.45, 2.75) is 32.4 Å². The predicted octanol–water partition coefficient (Wildman–Crippen LogP) is 1.15. The van der Waals surface area contributed by atoms with Crippen molar-refractivity contribution in [2.75, 3.05) is 0 Å². The van der Waals surface area contributed by atoms with Crippen LogP contribution in [0.5, 0.6) is 0 Å². The van der Waals surface area contributed by atoms with Crippen LogP contribution in [-0.2, 0) is 6.54 Å². The van der Waals surface area contributed by atoms with Gasteiger partial charge in [0.25, 0.3) is 0 Å². The Morgan fingerprint density at radius 1 is 1.71 bits per heavy atom. The second-order valence-electron chi connectivity index (χ2n) is 3.65. The van der Waals surface area contributed by atoms with E-state index in [0.29, 0.717) is 18.5 Å². The summed E-state index contributed by atoms with van der Waals surface area (Å²) >= 11 is 0. The van der Waals surface area contributed by atoms with Crippen LogP contribution < -0.4 is 11.1 Å². The Bertz CT molecular complexity index is 339. The van der Waals surface area contributed by atoms with E-state index in [1.165, 1.54) is 12.8 Å². The molecule has 1 aromatic rings. The normalized spacial score (nSPS) is 17.1. The molecule has 0 bridgehead atoms. The largest absolute Gasteiger partial charge is 0.467 e. The Kier molecular flexibility index (Phi) is 2.43. The van der Waals surface area contributed by atoms with Gasteiger partial charge >= 0.3 is 0 Å². The maximum atomic E-state index is 5.68. The van der Waals surface area contributed by atoms with Crippen molar-refractivity contribution in [1.82, 2.24) is 5.32 Å². The summed E-state index contributed by atoms with van der Waals surface area (Å²) in [5, 5.41) is 3.12. The number of guanidine groups is 1. The molecule has 1 aromatic heterocycles. The van der Waals surface area contributed by atoms with Gasteiger partial charge in [0.15, 0.2) is 5.96 Å². The van der Waals surface area contributed by atoms with Gasteiger partial charge in [0.05, 0.1) is 6.26 Å². The molecule has 0 aromatic carbocycles. The van der Waals surface area contributed by atoms with E-state index in [1.807, 2.05) is 13.0 Å². The molecule has 0 unspecified atom stereocenters. The fourth-order valence-corrected chi connectivity index (χ4v) is 1.21. The third kappa shape index (κ3) is 2.28. The number of nitrogens with zero attached hydrogens (tertiary/aromatic N) is 1. The Balaban J connectivity index is 1.88. The molecule has 2 rings (SSSR count). The monoisotopic (exact) mass is 193 g/mol. The molecule has 0 atom stereocenters. The van der Waals surface area contributed by atoms with Crippen molar-refractivity contribution in [2.24, 2.45) is 10.7 Å². The van der Waals surface area contributed by atoms with Crippen LogP contribution in [-0.4, -0.2) is 12.0 Å². The Morgan fingerprint density at radius 3 is 3.07 bits per heavy atom. The van der Waals surface area contributed by atoms with E-state index in [1.54, 1.807) is 6.26 Å². The number of aliphatic imine (C=N–C) groups is 1. The molecule has 1 aliphatic rings. The Labute approximate surface area is 83.2 Å².